The maximum absolute atomic E-state index is 14.6. The Bertz CT molecular complexity index is 1750. The quantitative estimate of drug-likeness (QED) is 0.141. The summed E-state index contributed by atoms with van der Waals surface area (Å²) in [5, 5.41) is 3.78. The second-order valence-corrected chi connectivity index (χ2v) is 13.9. The monoisotopic (exact) mass is 679 g/mol. The molecule has 0 saturated heterocycles. The van der Waals surface area contributed by atoms with Crippen molar-refractivity contribution in [3.63, 3.8) is 0 Å². The van der Waals surface area contributed by atoms with E-state index in [-0.39, 0.29) is 29.5 Å². The predicted molar refractivity (Wildman–Crippen MR) is 186 cm³/mol. The lowest BCUT2D eigenvalue weighted by molar-refractivity contribution is -0.140. The minimum absolute atomic E-state index is 0.00964. The van der Waals surface area contributed by atoms with Crippen molar-refractivity contribution in [2.45, 2.75) is 57.5 Å². The molecule has 1 N–H and O–H groups in total. The number of unbranched alkanes of at least 4 members (excludes halogenated alkanes) is 1. The van der Waals surface area contributed by atoms with Crippen LogP contribution in [0.3, 0.4) is 0 Å². The van der Waals surface area contributed by atoms with Crippen LogP contribution in [-0.2, 0) is 32.6 Å². The molecule has 46 heavy (non-hydrogen) atoms. The van der Waals surface area contributed by atoms with Crippen LogP contribution in [0.15, 0.2) is 102 Å². The van der Waals surface area contributed by atoms with E-state index in [2.05, 4.69) is 5.32 Å². The Kier molecular flexibility index (Phi) is 12.3. The van der Waals surface area contributed by atoms with Gasteiger partial charge in [-0.15, -0.1) is 0 Å². The molecule has 0 aliphatic carbocycles. The first-order valence-electron chi connectivity index (χ1n) is 15.2. The van der Waals surface area contributed by atoms with Crippen LogP contribution >= 0.6 is 23.2 Å². The van der Waals surface area contributed by atoms with Gasteiger partial charge in [0, 0.05) is 29.6 Å². The first kappa shape index (κ1) is 35.0. The normalized spacial score (nSPS) is 11.9. The topological polar surface area (TPSA) is 86.8 Å². The zero-order valence-electron chi connectivity index (χ0n) is 26.2. The van der Waals surface area contributed by atoms with Crippen LogP contribution in [0.1, 0.15) is 42.0 Å². The van der Waals surface area contributed by atoms with Crippen molar-refractivity contribution in [1.82, 2.24) is 10.2 Å². The second-order valence-electron chi connectivity index (χ2n) is 11.2. The molecule has 0 aliphatic heterocycles. The average molecular weight is 681 g/mol. The Hall–Kier alpha value is -3.85. The predicted octanol–water partition coefficient (Wildman–Crippen LogP) is 7.36. The molecule has 1 atom stereocenters. The van der Waals surface area contributed by atoms with Crippen molar-refractivity contribution in [2.75, 3.05) is 17.4 Å². The molecule has 4 aromatic carbocycles. The number of nitrogens with one attached hydrogen (secondary N) is 1. The summed E-state index contributed by atoms with van der Waals surface area (Å²) in [6.07, 6.45) is 1.88. The number of carbonyl (C=O) groups is 2. The molecule has 4 rings (SSSR count). The number of rotatable bonds is 14. The molecule has 0 unspecified atom stereocenters. The molecule has 4 aromatic rings. The summed E-state index contributed by atoms with van der Waals surface area (Å²) in [6.45, 7) is 5.57. The van der Waals surface area contributed by atoms with E-state index in [1.165, 1.54) is 23.1 Å². The van der Waals surface area contributed by atoms with Gasteiger partial charge in [-0.25, -0.2) is 8.42 Å². The van der Waals surface area contributed by atoms with Gasteiger partial charge in [0.2, 0.25) is 11.8 Å². The number of carbonyl (C=O) groups excluding carboxylic acids is 2. The van der Waals surface area contributed by atoms with Crippen molar-refractivity contribution in [2.24, 2.45) is 0 Å². The fraction of sp³-hybridized carbons (Fsp3) is 0.278. The third kappa shape index (κ3) is 8.90. The van der Waals surface area contributed by atoms with Gasteiger partial charge in [-0.3, -0.25) is 13.9 Å². The second kappa shape index (κ2) is 16.1. The fourth-order valence-electron chi connectivity index (χ4n) is 4.97. The van der Waals surface area contributed by atoms with Crippen molar-refractivity contribution in [3.05, 3.63) is 129 Å². The third-order valence-electron chi connectivity index (χ3n) is 7.73. The van der Waals surface area contributed by atoms with Crippen LogP contribution in [0.25, 0.3) is 0 Å². The highest BCUT2D eigenvalue weighted by Crippen LogP contribution is 2.29. The lowest BCUT2D eigenvalue weighted by Crippen LogP contribution is -2.53. The highest BCUT2D eigenvalue weighted by atomic mass is 35.5. The van der Waals surface area contributed by atoms with Gasteiger partial charge in [-0.1, -0.05) is 109 Å². The zero-order chi connectivity index (χ0) is 33.3. The summed E-state index contributed by atoms with van der Waals surface area (Å²) < 4.78 is 29.4. The lowest BCUT2D eigenvalue weighted by atomic mass is 10.0. The summed E-state index contributed by atoms with van der Waals surface area (Å²) in [5.41, 5.74) is 3.36. The van der Waals surface area contributed by atoms with Gasteiger partial charge >= 0.3 is 0 Å². The molecule has 242 valence electrons. The van der Waals surface area contributed by atoms with Crippen molar-refractivity contribution < 1.29 is 18.0 Å². The number of halogens is 2. The summed E-state index contributed by atoms with van der Waals surface area (Å²) in [7, 11) is -4.23. The van der Waals surface area contributed by atoms with Crippen molar-refractivity contribution in [1.29, 1.82) is 0 Å². The number of sulfonamides is 1. The maximum atomic E-state index is 14.6. The van der Waals surface area contributed by atoms with E-state index in [1.54, 1.807) is 48.5 Å². The van der Waals surface area contributed by atoms with Gasteiger partial charge in [0.05, 0.1) is 10.6 Å². The molecule has 0 heterocycles. The highest BCUT2D eigenvalue weighted by molar-refractivity contribution is 7.92. The Morgan fingerprint density at radius 2 is 1.52 bits per heavy atom. The number of hydrogen-bond donors (Lipinski definition) is 1. The van der Waals surface area contributed by atoms with E-state index in [9.17, 15) is 18.0 Å². The average Bonchev–Trinajstić information content (AvgIpc) is 3.04. The minimum atomic E-state index is -4.23. The first-order valence-corrected chi connectivity index (χ1v) is 17.4. The molecule has 10 heteroatoms. The molecule has 0 fully saturated rings. The Morgan fingerprint density at radius 1 is 0.848 bits per heavy atom. The van der Waals surface area contributed by atoms with Crippen LogP contribution < -0.4 is 9.62 Å². The third-order valence-corrected chi connectivity index (χ3v) is 10.3. The van der Waals surface area contributed by atoms with E-state index in [1.807, 2.05) is 51.1 Å². The standard InChI is InChI=1S/C36H39Cl2N3O4S/c1-4-5-21-39-36(43)34(22-28-11-7-6-8-12-28)40(24-29-13-9-10-14-32(29)37)35(42)25-41(30-18-17-27(3)33(38)23-30)46(44,45)31-19-15-26(2)16-20-31/h6-20,23,34H,4-5,21-22,24-25H2,1-3H3,(H,39,43)/t34-/m1/s1. The number of nitrogens with zero attached hydrogens (tertiary/aromatic N) is 2. The molecule has 0 aromatic heterocycles. The molecule has 7 nitrogen and oxygen atoms in total. The minimum Gasteiger partial charge on any atom is -0.354 e. The maximum Gasteiger partial charge on any atom is 0.264 e. The Labute approximate surface area is 282 Å². The smallest absolute Gasteiger partial charge is 0.264 e. The largest absolute Gasteiger partial charge is 0.354 e. The van der Waals surface area contributed by atoms with E-state index in [0.717, 1.165) is 33.8 Å². The SMILES string of the molecule is CCCCNC(=O)[C@@H](Cc1ccccc1)N(Cc1ccccc1Cl)C(=O)CN(c1ccc(C)c(Cl)c1)S(=O)(=O)c1ccc(C)cc1. The van der Waals surface area contributed by atoms with Crippen molar-refractivity contribution in [3.8, 4) is 0 Å². The molecule has 0 radical (unpaired) electrons. The molecule has 2 amide bonds. The van der Waals surface area contributed by atoms with Gasteiger partial charge in [-0.2, -0.15) is 0 Å². The van der Waals surface area contributed by atoms with Gasteiger partial charge in [0.1, 0.15) is 12.6 Å². The van der Waals surface area contributed by atoms with Crippen LogP contribution in [0.5, 0.6) is 0 Å². The van der Waals surface area contributed by atoms with Gasteiger partial charge in [0.15, 0.2) is 0 Å². The lowest BCUT2D eigenvalue weighted by Gasteiger charge is -2.34. The van der Waals surface area contributed by atoms with Gasteiger partial charge < -0.3 is 10.2 Å². The van der Waals surface area contributed by atoms with Gasteiger partial charge in [-0.05, 0) is 67.3 Å². The molecule has 0 spiro atoms. The summed E-state index contributed by atoms with van der Waals surface area (Å²) in [4.78, 5) is 29.9. The fourth-order valence-corrected chi connectivity index (χ4v) is 6.75. The van der Waals surface area contributed by atoms with E-state index >= 15 is 0 Å². The summed E-state index contributed by atoms with van der Waals surface area (Å²) in [5.74, 6) is -0.900. The number of benzene rings is 4. The van der Waals surface area contributed by atoms with Crippen LogP contribution in [0.2, 0.25) is 10.0 Å². The summed E-state index contributed by atoms with van der Waals surface area (Å²) in [6, 6.07) is 26.9. The Balaban J connectivity index is 1.81. The number of anilines is 1. The first-order chi connectivity index (χ1) is 22.0. The van der Waals surface area contributed by atoms with Crippen LogP contribution in [0.4, 0.5) is 5.69 Å². The zero-order valence-corrected chi connectivity index (χ0v) is 28.6. The van der Waals surface area contributed by atoms with Crippen LogP contribution in [-0.4, -0.2) is 44.3 Å². The molecular formula is C36H39Cl2N3O4S. The molecule has 0 bridgehead atoms. The van der Waals surface area contributed by atoms with Crippen LogP contribution in [0, 0.1) is 13.8 Å². The number of aryl methyl sites for hydroxylation is 2. The van der Waals surface area contributed by atoms with E-state index in [0.29, 0.717) is 22.2 Å². The van der Waals surface area contributed by atoms with Gasteiger partial charge in [0.25, 0.3) is 10.0 Å². The van der Waals surface area contributed by atoms with Crippen molar-refractivity contribution >= 4 is 50.7 Å². The molecule has 0 saturated carbocycles. The van der Waals surface area contributed by atoms with E-state index in [4.69, 9.17) is 23.2 Å². The number of hydrogen-bond acceptors (Lipinski definition) is 4. The summed E-state index contributed by atoms with van der Waals surface area (Å²) >= 11 is 13.0. The highest BCUT2D eigenvalue weighted by Gasteiger charge is 2.35. The number of amides is 2. The molecular weight excluding hydrogens is 641 g/mol. The van der Waals surface area contributed by atoms with E-state index < -0.39 is 28.5 Å². The Morgan fingerprint density at radius 3 is 2.17 bits per heavy atom. The molecule has 0 aliphatic rings.